The normalized spacial score (nSPS) is 13.7. The van der Waals surface area contributed by atoms with E-state index in [1.54, 1.807) is 7.11 Å². The van der Waals surface area contributed by atoms with Crippen LogP contribution in [0.15, 0.2) is 0 Å². The van der Waals surface area contributed by atoms with Crippen LogP contribution in [0.5, 0.6) is 0 Å². The van der Waals surface area contributed by atoms with Crippen LogP contribution in [-0.4, -0.2) is 20.0 Å². The monoisotopic (exact) mass is 132 g/mol. The summed E-state index contributed by atoms with van der Waals surface area (Å²) in [6, 6.07) is 0. The van der Waals surface area contributed by atoms with Gasteiger partial charge in [-0.25, -0.2) is 0 Å². The molecule has 56 valence electrons. The third-order valence-corrected chi connectivity index (χ3v) is 1.10. The van der Waals surface area contributed by atoms with E-state index in [2.05, 4.69) is 6.92 Å². The third-order valence-electron chi connectivity index (χ3n) is 1.10. The Hall–Kier alpha value is -0.0800. The molecule has 0 saturated heterocycles. The third kappa shape index (κ3) is 4.43. The second-order valence-electron chi connectivity index (χ2n) is 1.94. The Morgan fingerprint density at radius 2 is 2.00 bits per heavy atom. The molecule has 0 heterocycles. The van der Waals surface area contributed by atoms with E-state index in [0.717, 1.165) is 19.4 Å². The van der Waals surface area contributed by atoms with Gasteiger partial charge in [0.1, 0.15) is 0 Å². The Kier molecular flexibility index (Phi) is 5.99. The molecule has 0 saturated carbocycles. The van der Waals surface area contributed by atoms with Crippen molar-refractivity contribution in [2.75, 3.05) is 13.7 Å². The van der Waals surface area contributed by atoms with Gasteiger partial charge in [-0.1, -0.05) is 13.8 Å². The van der Waals surface area contributed by atoms with Gasteiger partial charge in [-0.05, 0) is 12.8 Å². The quantitative estimate of drug-likeness (QED) is 0.531. The summed E-state index contributed by atoms with van der Waals surface area (Å²) in [6.45, 7) is 4.93. The lowest BCUT2D eigenvalue weighted by Crippen LogP contribution is -2.13. The predicted octanol–water partition coefficient (Wildman–Crippen LogP) is 1.80. The van der Waals surface area contributed by atoms with E-state index in [1.165, 1.54) is 0 Å². The van der Waals surface area contributed by atoms with E-state index in [4.69, 9.17) is 9.47 Å². The van der Waals surface area contributed by atoms with Crippen LogP contribution in [0.1, 0.15) is 26.7 Å². The molecule has 0 aliphatic heterocycles. The molecule has 0 aliphatic rings. The van der Waals surface area contributed by atoms with E-state index < -0.39 is 0 Å². The maximum atomic E-state index is 5.27. The summed E-state index contributed by atoms with van der Waals surface area (Å²) in [5.74, 6) is 0. The summed E-state index contributed by atoms with van der Waals surface area (Å²) in [5, 5.41) is 0. The van der Waals surface area contributed by atoms with Crippen LogP contribution in [0.3, 0.4) is 0 Å². The molecule has 9 heavy (non-hydrogen) atoms. The van der Waals surface area contributed by atoms with Gasteiger partial charge in [0, 0.05) is 13.7 Å². The molecule has 0 bridgehead atoms. The van der Waals surface area contributed by atoms with Gasteiger partial charge in [0.05, 0.1) is 0 Å². The second-order valence-corrected chi connectivity index (χ2v) is 1.94. The number of ether oxygens (including phenoxy) is 2. The van der Waals surface area contributed by atoms with Crippen molar-refractivity contribution in [2.45, 2.75) is 33.0 Å². The van der Waals surface area contributed by atoms with Crippen LogP contribution < -0.4 is 0 Å². The topological polar surface area (TPSA) is 18.5 Å². The van der Waals surface area contributed by atoms with Gasteiger partial charge in [0.25, 0.3) is 0 Å². The lowest BCUT2D eigenvalue weighted by Gasteiger charge is -2.12. The summed E-state index contributed by atoms with van der Waals surface area (Å²) in [4.78, 5) is 0. The first kappa shape index (κ1) is 8.92. The molecule has 0 aliphatic carbocycles. The zero-order chi connectivity index (χ0) is 7.11. The van der Waals surface area contributed by atoms with Crippen molar-refractivity contribution >= 4 is 0 Å². The van der Waals surface area contributed by atoms with Crippen molar-refractivity contribution in [3.05, 3.63) is 0 Å². The highest BCUT2D eigenvalue weighted by atomic mass is 16.7. The van der Waals surface area contributed by atoms with Gasteiger partial charge in [-0.3, -0.25) is 0 Å². The fraction of sp³-hybridized carbons (Fsp3) is 1.00. The maximum Gasteiger partial charge on any atom is 0.156 e. The molecule has 0 fully saturated rings. The van der Waals surface area contributed by atoms with Crippen LogP contribution in [0, 0.1) is 0 Å². The largest absolute Gasteiger partial charge is 0.356 e. The van der Waals surface area contributed by atoms with Crippen molar-refractivity contribution in [1.29, 1.82) is 0 Å². The highest BCUT2D eigenvalue weighted by Crippen LogP contribution is 1.97. The summed E-state index contributed by atoms with van der Waals surface area (Å²) in [7, 11) is 1.67. The number of rotatable bonds is 5. The van der Waals surface area contributed by atoms with Crippen molar-refractivity contribution in [3.8, 4) is 0 Å². The van der Waals surface area contributed by atoms with Crippen molar-refractivity contribution in [1.82, 2.24) is 0 Å². The Morgan fingerprint density at radius 1 is 1.33 bits per heavy atom. The Bertz CT molecular complexity index is 50.9. The Morgan fingerprint density at radius 3 is 2.33 bits per heavy atom. The molecule has 0 radical (unpaired) electrons. The summed E-state index contributed by atoms with van der Waals surface area (Å²) >= 11 is 0. The number of hydrogen-bond acceptors (Lipinski definition) is 2. The van der Waals surface area contributed by atoms with Crippen LogP contribution in [0.4, 0.5) is 0 Å². The molecule has 0 spiro atoms. The van der Waals surface area contributed by atoms with Gasteiger partial charge in [0.15, 0.2) is 6.29 Å². The summed E-state index contributed by atoms with van der Waals surface area (Å²) < 4.78 is 10.2. The molecular weight excluding hydrogens is 116 g/mol. The first-order valence-electron chi connectivity index (χ1n) is 3.49. The summed E-state index contributed by atoms with van der Waals surface area (Å²) in [5.41, 5.74) is 0. The van der Waals surface area contributed by atoms with Crippen molar-refractivity contribution in [3.63, 3.8) is 0 Å². The molecule has 0 aromatic rings. The van der Waals surface area contributed by atoms with Gasteiger partial charge in [0.2, 0.25) is 0 Å². The molecule has 1 unspecified atom stereocenters. The molecule has 0 aromatic carbocycles. The molecule has 1 atom stereocenters. The molecule has 2 nitrogen and oxygen atoms in total. The number of methoxy groups -OCH3 is 1. The fourth-order valence-corrected chi connectivity index (χ4v) is 0.602. The minimum Gasteiger partial charge on any atom is -0.356 e. The molecule has 0 N–H and O–H groups in total. The van der Waals surface area contributed by atoms with Crippen LogP contribution in [0.25, 0.3) is 0 Å². The minimum absolute atomic E-state index is 0.00458. The highest BCUT2D eigenvalue weighted by molar-refractivity contribution is 4.36. The van der Waals surface area contributed by atoms with E-state index >= 15 is 0 Å². The minimum atomic E-state index is 0.00458. The SMILES string of the molecule is CCCOC(CC)OC. The molecule has 2 heteroatoms. The van der Waals surface area contributed by atoms with Crippen molar-refractivity contribution in [2.24, 2.45) is 0 Å². The lowest BCUT2D eigenvalue weighted by atomic mass is 10.4. The van der Waals surface area contributed by atoms with Crippen LogP contribution >= 0.6 is 0 Å². The van der Waals surface area contributed by atoms with E-state index in [9.17, 15) is 0 Å². The standard InChI is InChI=1S/C7H16O2/c1-4-6-9-7(5-2)8-3/h7H,4-6H2,1-3H3. The molecule has 0 rings (SSSR count). The summed E-state index contributed by atoms with van der Waals surface area (Å²) in [6.07, 6.45) is 1.99. The molecular formula is C7H16O2. The van der Waals surface area contributed by atoms with E-state index in [1.807, 2.05) is 6.92 Å². The van der Waals surface area contributed by atoms with E-state index in [-0.39, 0.29) is 6.29 Å². The second kappa shape index (κ2) is 6.05. The fourth-order valence-electron chi connectivity index (χ4n) is 0.602. The first-order chi connectivity index (χ1) is 4.35. The van der Waals surface area contributed by atoms with Gasteiger partial charge in [-0.2, -0.15) is 0 Å². The lowest BCUT2D eigenvalue weighted by molar-refractivity contribution is -0.124. The van der Waals surface area contributed by atoms with E-state index in [0.29, 0.717) is 0 Å². The van der Waals surface area contributed by atoms with Crippen LogP contribution in [0.2, 0.25) is 0 Å². The Balaban J connectivity index is 3.09. The average molecular weight is 132 g/mol. The highest BCUT2D eigenvalue weighted by Gasteiger charge is 2.00. The van der Waals surface area contributed by atoms with Gasteiger partial charge >= 0.3 is 0 Å². The number of hydrogen-bond donors (Lipinski definition) is 0. The molecule has 0 aromatic heterocycles. The van der Waals surface area contributed by atoms with Crippen molar-refractivity contribution < 1.29 is 9.47 Å². The average Bonchev–Trinajstić information content (AvgIpc) is 1.91. The first-order valence-corrected chi connectivity index (χ1v) is 3.49. The zero-order valence-electron chi connectivity index (χ0n) is 6.52. The Labute approximate surface area is 57.2 Å². The maximum absolute atomic E-state index is 5.27. The predicted molar refractivity (Wildman–Crippen MR) is 37.3 cm³/mol. The zero-order valence-corrected chi connectivity index (χ0v) is 6.52. The van der Waals surface area contributed by atoms with Gasteiger partial charge in [-0.15, -0.1) is 0 Å². The van der Waals surface area contributed by atoms with Crippen LogP contribution in [-0.2, 0) is 9.47 Å². The smallest absolute Gasteiger partial charge is 0.156 e. The van der Waals surface area contributed by atoms with Gasteiger partial charge < -0.3 is 9.47 Å². The molecule has 0 amide bonds.